The van der Waals surface area contributed by atoms with Gasteiger partial charge in [-0.2, -0.15) is 0 Å². The summed E-state index contributed by atoms with van der Waals surface area (Å²) >= 11 is 1.54. The maximum atomic E-state index is 2.34. The first-order valence-electron chi connectivity index (χ1n) is 2.27. The fourth-order valence-corrected chi connectivity index (χ4v) is 0.224. The van der Waals surface area contributed by atoms with Crippen LogP contribution in [0.15, 0.2) is 0 Å². The molecule has 0 aliphatic rings. The van der Waals surface area contributed by atoms with Crippen LogP contribution in [0, 0.1) is 0 Å². The van der Waals surface area contributed by atoms with Crippen LogP contribution in [0.1, 0.15) is 13.8 Å². The molecule has 0 aromatic carbocycles. The van der Waals surface area contributed by atoms with Gasteiger partial charge in [0.15, 0.2) is 0 Å². The molecule has 0 bridgehead atoms. The van der Waals surface area contributed by atoms with E-state index in [4.69, 9.17) is 0 Å². The summed E-state index contributed by atoms with van der Waals surface area (Å²) in [4.78, 5) is 0. The van der Waals surface area contributed by atoms with Gasteiger partial charge in [-0.25, -0.2) is 0 Å². The molecule has 0 spiro atoms. The van der Waals surface area contributed by atoms with Crippen LogP contribution in [0.3, 0.4) is 0 Å². The van der Waals surface area contributed by atoms with Crippen LogP contribution < -0.4 is 37.2 Å². The Bertz CT molecular complexity index is 35.0. The van der Waals surface area contributed by atoms with E-state index in [0.717, 1.165) is 0 Å². The second-order valence-corrected chi connectivity index (χ2v) is 2.73. The Labute approximate surface area is 91.4 Å². The van der Waals surface area contributed by atoms with Crippen LogP contribution in [0.2, 0.25) is 0 Å². The van der Waals surface area contributed by atoms with E-state index in [-0.39, 0.29) is 37.2 Å². The van der Waals surface area contributed by atoms with Crippen LogP contribution in [0.4, 0.5) is 0 Å². The molecule has 0 heterocycles. The number of nitrogens with zero attached hydrogens (tertiary/aromatic N) is 1. The van der Waals surface area contributed by atoms with Gasteiger partial charge in [0.2, 0.25) is 0 Å². The number of hydrogen-bond acceptors (Lipinski definition) is 1. The van der Waals surface area contributed by atoms with E-state index in [1.807, 2.05) is 0 Å². The Morgan fingerprint density at radius 2 is 1.22 bits per heavy atom. The summed E-state index contributed by atoms with van der Waals surface area (Å²) in [6.45, 7) is 6.76. The molecule has 0 unspecified atom stereocenters. The monoisotopic (exact) mass is 267 g/mol. The first-order chi connectivity index (χ1) is 2.81. The third kappa shape index (κ3) is 17.7. The Morgan fingerprint density at radius 1 is 1.00 bits per heavy atom. The van der Waals surface area contributed by atoms with Gasteiger partial charge in [0.1, 0.15) is 0 Å². The molecule has 0 amide bonds. The number of hydrogen-bond donors (Lipinski definition) is 0. The zero-order valence-electron chi connectivity index (χ0n) is 5.50. The van der Waals surface area contributed by atoms with Gasteiger partial charge in [-0.3, -0.25) is 0 Å². The molecule has 0 aliphatic heterocycles. The largest absolute Gasteiger partial charge is 1.00 e. The minimum Gasteiger partial charge on any atom is -1.00 e. The summed E-state index contributed by atoms with van der Waals surface area (Å²) in [6, 6.07) is 0. The normalized spacial score (nSPS) is 6.78. The molecule has 5 heteroatoms. The van der Waals surface area contributed by atoms with Crippen molar-refractivity contribution in [3.05, 3.63) is 0 Å². The molecule has 0 saturated carbocycles. The molecule has 0 atom stereocenters. The zero-order valence-corrected chi connectivity index (χ0v) is 10.2. The average Bonchev–Trinajstić information content (AvgIpc) is 1.65. The number of rotatable bonds is 2. The topological polar surface area (TPSA) is 3.24 Å². The van der Waals surface area contributed by atoms with E-state index in [0.29, 0.717) is 0 Å². The first-order valence-corrected chi connectivity index (χ1v) is 3.37. The molecular weight excluding hydrogens is 260 g/mol. The third-order valence-corrected chi connectivity index (χ3v) is 2.32. The minimum atomic E-state index is 0. The summed E-state index contributed by atoms with van der Waals surface area (Å²) in [5.74, 6) is 0. The summed E-state index contributed by atoms with van der Waals surface area (Å²) < 4.78 is 2.34. The van der Waals surface area contributed by atoms with Crippen LogP contribution in [0.25, 0.3) is 0 Å². The maximum Gasteiger partial charge on any atom is -1.00 e. The van der Waals surface area contributed by atoms with Crippen LogP contribution in [-0.2, 0) is 25.0 Å². The van der Waals surface area contributed by atoms with E-state index in [1.165, 1.54) is 38.1 Å². The van der Waals surface area contributed by atoms with E-state index in [2.05, 4.69) is 16.7 Å². The van der Waals surface area contributed by atoms with Gasteiger partial charge in [0.05, 0.1) is 0 Å². The van der Waals surface area contributed by atoms with Crippen molar-refractivity contribution in [3.8, 4) is 0 Å². The molecule has 0 aromatic rings. The second kappa shape index (κ2) is 16.4. The van der Waals surface area contributed by atoms with Crippen LogP contribution >= 0.6 is 0 Å². The quantitative estimate of drug-likeness (QED) is 0.481. The van der Waals surface area contributed by atoms with Gasteiger partial charge in [-0.05, 0) is 0 Å². The fraction of sp³-hybridized carbons (Fsp3) is 1.00. The van der Waals surface area contributed by atoms with Crippen molar-refractivity contribution in [2.24, 2.45) is 0 Å². The Balaban J connectivity index is -0.0000000417. The second-order valence-electron chi connectivity index (χ2n) is 1.17. The van der Waals surface area contributed by atoms with E-state index < -0.39 is 0 Å². The van der Waals surface area contributed by atoms with Crippen molar-refractivity contribution in [1.29, 1.82) is 0 Å². The Kier molecular flexibility index (Phi) is 40.8. The van der Waals surface area contributed by atoms with Gasteiger partial charge in [-0.1, -0.05) is 0 Å². The molecule has 0 radical (unpaired) electrons. The van der Waals surface area contributed by atoms with Crippen molar-refractivity contribution in [3.63, 3.8) is 0 Å². The molecular formula is C4H10Cl3NZr. The van der Waals surface area contributed by atoms with E-state index in [1.54, 1.807) is 0 Å². The summed E-state index contributed by atoms with van der Waals surface area (Å²) in [5, 5.41) is 0. The fourth-order valence-electron chi connectivity index (χ4n) is 0.224. The molecule has 0 N–H and O–H groups in total. The van der Waals surface area contributed by atoms with Crippen molar-refractivity contribution >= 4 is 0 Å². The molecule has 0 rings (SSSR count). The molecule has 9 heavy (non-hydrogen) atoms. The summed E-state index contributed by atoms with van der Waals surface area (Å²) in [7, 11) is 0. The Morgan fingerprint density at radius 3 is 1.22 bits per heavy atom. The summed E-state index contributed by atoms with van der Waals surface area (Å²) in [6.07, 6.45) is 0. The molecule has 1 nitrogen and oxygen atoms in total. The van der Waals surface area contributed by atoms with Gasteiger partial charge >= 0.3 is 54.8 Å². The van der Waals surface area contributed by atoms with E-state index in [9.17, 15) is 0 Å². The minimum absolute atomic E-state index is 0. The Hall–Kier alpha value is 1.71. The number of halogens is 3. The SMILES string of the molecule is CC[N]([Zr+3])CC.[Cl-].[Cl-].[Cl-]. The zero-order chi connectivity index (χ0) is 4.99. The van der Waals surface area contributed by atoms with Gasteiger partial charge < -0.3 is 37.2 Å². The van der Waals surface area contributed by atoms with Gasteiger partial charge in [-0.15, -0.1) is 0 Å². The standard InChI is InChI=1S/C4H10N.3ClH.Zr/c1-3-5-4-2;;;;/h3-4H2,1-2H3;3*1H;/q-1;;;;+4/p-3. The van der Waals surface area contributed by atoms with Crippen molar-refractivity contribution in [1.82, 2.24) is 2.84 Å². The predicted molar refractivity (Wildman–Crippen MR) is 22.9 cm³/mol. The molecule has 0 fully saturated rings. The molecule has 56 valence electrons. The summed E-state index contributed by atoms with van der Waals surface area (Å²) in [5.41, 5.74) is 0. The smallest absolute Gasteiger partial charge is 1.00 e. The maximum absolute atomic E-state index is 2.34. The van der Waals surface area contributed by atoms with E-state index >= 15 is 0 Å². The van der Waals surface area contributed by atoms with Gasteiger partial charge in [0.25, 0.3) is 0 Å². The molecule has 0 saturated heterocycles. The van der Waals surface area contributed by atoms with Crippen molar-refractivity contribution in [2.75, 3.05) is 13.1 Å². The van der Waals surface area contributed by atoms with Gasteiger partial charge in [0, 0.05) is 0 Å². The first kappa shape index (κ1) is 22.4. The van der Waals surface area contributed by atoms with Crippen LogP contribution in [0.5, 0.6) is 0 Å². The van der Waals surface area contributed by atoms with Crippen molar-refractivity contribution < 1.29 is 62.2 Å². The van der Waals surface area contributed by atoms with Crippen LogP contribution in [-0.4, -0.2) is 15.9 Å². The molecule has 0 aliphatic carbocycles. The van der Waals surface area contributed by atoms with Crippen molar-refractivity contribution in [2.45, 2.75) is 13.8 Å². The molecule has 0 aromatic heterocycles. The third-order valence-electron chi connectivity index (χ3n) is 0.763. The average molecular weight is 270 g/mol. The predicted octanol–water partition coefficient (Wildman–Crippen LogP) is -8.20.